The Labute approximate surface area is 112 Å². The highest BCUT2D eigenvalue weighted by molar-refractivity contribution is 6.30. The first kappa shape index (κ1) is 12.4. The van der Waals surface area contributed by atoms with Crippen LogP contribution < -0.4 is 0 Å². The average Bonchev–Trinajstić information content (AvgIpc) is 2.42. The standard InChI is InChI=1S/C14H17ClO3/c1-2-7-13-8-16-14(17-9-13,18-10-13)11-3-5-12(15)6-4-11/h3-6H,2,7-10H2,1H3. The number of halogens is 1. The minimum Gasteiger partial charge on any atom is -0.323 e. The molecule has 2 bridgehead atoms. The fourth-order valence-electron chi connectivity index (χ4n) is 2.65. The van der Waals surface area contributed by atoms with E-state index in [1.807, 2.05) is 24.3 Å². The molecule has 0 radical (unpaired) electrons. The molecule has 0 unspecified atom stereocenters. The summed E-state index contributed by atoms with van der Waals surface area (Å²) in [5, 5.41) is 0.696. The maximum absolute atomic E-state index is 5.89. The summed E-state index contributed by atoms with van der Waals surface area (Å²) >= 11 is 5.89. The molecule has 0 N–H and O–H groups in total. The van der Waals surface area contributed by atoms with E-state index in [9.17, 15) is 0 Å². The zero-order valence-corrected chi connectivity index (χ0v) is 11.2. The number of ether oxygens (including phenoxy) is 3. The van der Waals surface area contributed by atoms with E-state index >= 15 is 0 Å². The molecular formula is C14H17ClO3. The molecule has 3 fully saturated rings. The zero-order chi connectivity index (χ0) is 12.6. The van der Waals surface area contributed by atoms with Gasteiger partial charge in [-0.2, -0.15) is 0 Å². The molecular weight excluding hydrogens is 252 g/mol. The summed E-state index contributed by atoms with van der Waals surface area (Å²) in [6.45, 7) is 4.26. The molecule has 3 aliphatic heterocycles. The quantitative estimate of drug-likeness (QED) is 0.842. The topological polar surface area (TPSA) is 27.7 Å². The summed E-state index contributed by atoms with van der Waals surface area (Å²) in [7, 11) is 0. The number of fused-ring (bicyclic) bond motifs is 3. The molecule has 3 heterocycles. The first-order valence-corrected chi connectivity index (χ1v) is 6.74. The van der Waals surface area contributed by atoms with Crippen LogP contribution in [0.2, 0.25) is 5.02 Å². The number of hydrogen-bond donors (Lipinski definition) is 0. The van der Waals surface area contributed by atoms with Crippen LogP contribution in [0.25, 0.3) is 0 Å². The largest absolute Gasteiger partial charge is 0.323 e. The van der Waals surface area contributed by atoms with Gasteiger partial charge in [-0.1, -0.05) is 24.9 Å². The van der Waals surface area contributed by atoms with E-state index in [-0.39, 0.29) is 5.41 Å². The summed E-state index contributed by atoms with van der Waals surface area (Å²) in [6.07, 6.45) is 2.19. The van der Waals surface area contributed by atoms with Crippen molar-refractivity contribution in [3.8, 4) is 0 Å². The van der Waals surface area contributed by atoms with Gasteiger partial charge in [0.2, 0.25) is 0 Å². The van der Waals surface area contributed by atoms with Crippen molar-refractivity contribution >= 4 is 11.6 Å². The van der Waals surface area contributed by atoms with E-state index in [0.717, 1.165) is 18.4 Å². The van der Waals surface area contributed by atoms with Gasteiger partial charge in [-0.25, -0.2) is 0 Å². The molecule has 0 aliphatic carbocycles. The molecule has 1 aromatic carbocycles. The third-order valence-corrected chi connectivity index (χ3v) is 3.94. The number of hydrogen-bond acceptors (Lipinski definition) is 3. The van der Waals surface area contributed by atoms with Crippen LogP contribution in [0.15, 0.2) is 24.3 Å². The van der Waals surface area contributed by atoms with Crippen molar-refractivity contribution < 1.29 is 14.2 Å². The van der Waals surface area contributed by atoms with E-state index in [1.54, 1.807) is 0 Å². The fraction of sp³-hybridized carbons (Fsp3) is 0.571. The molecule has 0 amide bonds. The van der Waals surface area contributed by atoms with E-state index in [0.29, 0.717) is 24.8 Å². The van der Waals surface area contributed by atoms with Gasteiger partial charge < -0.3 is 14.2 Å². The van der Waals surface area contributed by atoms with Gasteiger partial charge >= 0.3 is 5.97 Å². The van der Waals surface area contributed by atoms with E-state index in [4.69, 9.17) is 25.8 Å². The lowest BCUT2D eigenvalue weighted by Gasteiger charge is -2.51. The van der Waals surface area contributed by atoms with Crippen molar-refractivity contribution in [2.24, 2.45) is 5.41 Å². The zero-order valence-electron chi connectivity index (χ0n) is 10.4. The summed E-state index contributed by atoms with van der Waals surface area (Å²) in [6, 6.07) is 7.43. The van der Waals surface area contributed by atoms with Gasteiger partial charge in [0.15, 0.2) is 0 Å². The minimum absolute atomic E-state index is 0.0446. The molecule has 0 atom stereocenters. The second kappa shape index (κ2) is 4.49. The molecule has 3 nitrogen and oxygen atoms in total. The van der Waals surface area contributed by atoms with Gasteiger partial charge in [-0.05, 0) is 30.7 Å². The van der Waals surface area contributed by atoms with Crippen molar-refractivity contribution in [1.29, 1.82) is 0 Å². The molecule has 0 spiro atoms. The van der Waals surface area contributed by atoms with E-state index < -0.39 is 5.97 Å². The van der Waals surface area contributed by atoms with E-state index in [1.165, 1.54) is 0 Å². The van der Waals surface area contributed by atoms with Gasteiger partial charge in [0.05, 0.1) is 19.8 Å². The summed E-state index contributed by atoms with van der Waals surface area (Å²) < 4.78 is 17.6. The fourth-order valence-corrected chi connectivity index (χ4v) is 2.77. The van der Waals surface area contributed by atoms with Crippen LogP contribution in [0.5, 0.6) is 0 Å². The predicted molar refractivity (Wildman–Crippen MR) is 68.3 cm³/mol. The Morgan fingerprint density at radius 3 is 2.11 bits per heavy atom. The highest BCUT2D eigenvalue weighted by Crippen LogP contribution is 2.46. The Morgan fingerprint density at radius 1 is 1.06 bits per heavy atom. The number of rotatable bonds is 3. The van der Waals surface area contributed by atoms with Crippen LogP contribution in [0.3, 0.4) is 0 Å². The molecule has 0 aromatic heterocycles. The van der Waals surface area contributed by atoms with Crippen molar-refractivity contribution in [3.63, 3.8) is 0 Å². The van der Waals surface area contributed by atoms with Crippen molar-refractivity contribution in [2.75, 3.05) is 19.8 Å². The Hall–Kier alpha value is -0.610. The SMILES string of the molecule is CCCC12COC(c3ccc(Cl)cc3)(OC1)OC2. The van der Waals surface area contributed by atoms with Gasteiger partial charge in [0.1, 0.15) is 0 Å². The lowest BCUT2D eigenvalue weighted by Crippen LogP contribution is -2.58. The molecule has 3 aliphatic rings. The molecule has 0 saturated carbocycles. The highest BCUT2D eigenvalue weighted by Gasteiger charge is 2.53. The summed E-state index contributed by atoms with van der Waals surface area (Å²) in [5.74, 6) is -1.01. The average molecular weight is 269 g/mol. The third-order valence-electron chi connectivity index (χ3n) is 3.68. The molecule has 4 heteroatoms. The molecule has 18 heavy (non-hydrogen) atoms. The third kappa shape index (κ3) is 1.95. The Balaban J connectivity index is 1.82. The van der Waals surface area contributed by atoms with Gasteiger partial charge in [-0.15, -0.1) is 0 Å². The second-order valence-corrected chi connectivity index (χ2v) is 5.62. The molecule has 98 valence electrons. The minimum atomic E-state index is -1.01. The van der Waals surface area contributed by atoms with Crippen molar-refractivity contribution in [3.05, 3.63) is 34.9 Å². The lowest BCUT2D eigenvalue weighted by atomic mass is 9.84. The van der Waals surface area contributed by atoms with E-state index in [2.05, 4.69) is 6.92 Å². The van der Waals surface area contributed by atoms with Crippen molar-refractivity contribution in [1.82, 2.24) is 0 Å². The maximum atomic E-state index is 5.89. The second-order valence-electron chi connectivity index (χ2n) is 5.18. The van der Waals surface area contributed by atoms with Crippen LogP contribution in [0, 0.1) is 5.41 Å². The Morgan fingerprint density at radius 2 is 1.61 bits per heavy atom. The Kier molecular flexibility index (Phi) is 3.10. The van der Waals surface area contributed by atoms with Crippen LogP contribution in [0.4, 0.5) is 0 Å². The van der Waals surface area contributed by atoms with Gasteiger partial charge in [-0.3, -0.25) is 0 Å². The van der Waals surface area contributed by atoms with Gasteiger partial charge in [0.25, 0.3) is 0 Å². The first-order valence-electron chi connectivity index (χ1n) is 6.36. The first-order chi connectivity index (χ1) is 8.68. The smallest absolute Gasteiger partial charge is 0.312 e. The van der Waals surface area contributed by atoms with Crippen LogP contribution in [0.1, 0.15) is 25.3 Å². The monoisotopic (exact) mass is 268 g/mol. The number of benzene rings is 1. The Bertz CT molecular complexity index is 405. The molecule has 4 rings (SSSR count). The normalized spacial score (nSPS) is 34.8. The summed E-state index contributed by atoms with van der Waals surface area (Å²) in [4.78, 5) is 0. The van der Waals surface area contributed by atoms with Crippen LogP contribution in [-0.4, -0.2) is 19.8 Å². The van der Waals surface area contributed by atoms with Crippen molar-refractivity contribution in [2.45, 2.75) is 25.7 Å². The van der Waals surface area contributed by atoms with Crippen LogP contribution >= 0.6 is 11.6 Å². The van der Waals surface area contributed by atoms with Gasteiger partial charge in [0, 0.05) is 16.0 Å². The maximum Gasteiger partial charge on any atom is 0.312 e. The lowest BCUT2D eigenvalue weighted by molar-refractivity contribution is -0.480. The van der Waals surface area contributed by atoms with Crippen LogP contribution in [-0.2, 0) is 20.2 Å². The highest BCUT2D eigenvalue weighted by atomic mass is 35.5. The molecule has 1 aromatic rings. The summed E-state index contributed by atoms with van der Waals surface area (Å²) in [5.41, 5.74) is 0.917. The molecule has 3 saturated heterocycles. The predicted octanol–water partition coefficient (Wildman–Crippen LogP) is 3.31.